The van der Waals surface area contributed by atoms with Crippen LogP contribution in [0.2, 0.25) is 0 Å². The highest BCUT2D eigenvalue weighted by molar-refractivity contribution is 5.95. The van der Waals surface area contributed by atoms with Crippen molar-refractivity contribution in [3.8, 4) is 5.75 Å². The van der Waals surface area contributed by atoms with E-state index in [0.29, 0.717) is 6.04 Å². The Labute approximate surface area is 176 Å². The summed E-state index contributed by atoms with van der Waals surface area (Å²) in [7, 11) is 0. The van der Waals surface area contributed by atoms with Gasteiger partial charge in [0.2, 0.25) is 0 Å². The fourth-order valence-corrected chi connectivity index (χ4v) is 5.10. The minimum Gasteiger partial charge on any atom is -0.494 e. The van der Waals surface area contributed by atoms with Crippen molar-refractivity contribution in [1.82, 2.24) is 14.7 Å². The number of rotatable bonds is 8. The Morgan fingerprint density at radius 1 is 0.931 bits per heavy atom. The van der Waals surface area contributed by atoms with Gasteiger partial charge in [-0.1, -0.05) is 12.5 Å². The number of benzene rings is 1. The van der Waals surface area contributed by atoms with Gasteiger partial charge in [0, 0.05) is 31.2 Å². The number of carbonyl (C=O) groups excluding carboxylic acids is 1. The van der Waals surface area contributed by atoms with Crippen LogP contribution in [0.4, 0.5) is 0 Å². The van der Waals surface area contributed by atoms with Crippen molar-refractivity contribution in [2.45, 2.75) is 57.4 Å². The van der Waals surface area contributed by atoms with E-state index >= 15 is 0 Å². The molecule has 1 amide bonds. The molecule has 0 aromatic heterocycles. The van der Waals surface area contributed by atoms with Crippen molar-refractivity contribution >= 4 is 5.91 Å². The van der Waals surface area contributed by atoms with Crippen LogP contribution in [0.3, 0.4) is 0 Å². The molecule has 0 radical (unpaired) electrons. The quantitative estimate of drug-likeness (QED) is 0.625. The average Bonchev–Trinajstić information content (AvgIpc) is 3.44. The highest BCUT2D eigenvalue weighted by Gasteiger charge is 2.31. The van der Waals surface area contributed by atoms with Gasteiger partial charge in [-0.15, -0.1) is 0 Å². The molecule has 0 bridgehead atoms. The molecular weight excluding hydrogens is 362 g/mol. The summed E-state index contributed by atoms with van der Waals surface area (Å²) in [5, 5.41) is 0. The normalized spacial score (nSPS) is 23.6. The van der Waals surface area contributed by atoms with Crippen molar-refractivity contribution in [3.63, 3.8) is 0 Å². The summed E-state index contributed by atoms with van der Waals surface area (Å²) in [6.45, 7) is 8.62. The number of carbonyl (C=O) groups is 1. The number of hydrogen-bond acceptors (Lipinski definition) is 4. The molecule has 1 aromatic rings. The van der Waals surface area contributed by atoms with Crippen molar-refractivity contribution in [2.75, 3.05) is 52.4 Å². The molecule has 5 heteroatoms. The highest BCUT2D eigenvalue weighted by atomic mass is 16.5. The summed E-state index contributed by atoms with van der Waals surface area (Å²) < 4.78 is 5.98. The Balaban J connectivity index is 1.27. The van der Waals surface area contributed by atoms with Gasteiger partial charge in [-0.25, -0.2) is 0 Å². The second-order valence-electron chi connectivity index (χ2n) is 8.93. The second kappa shape index (κ2) is 10.4. The van der Waals surface area contributed by atoms with Crippen LogP contribution in [0.1, 0.15) is 61.7 Å². The van der Waals surface area contributed by atoms with Crippen LogP contribution in [0.15, 0.2) is 24.3 Å². The molecule has 0 aliphatic carbocycles. The minimum atomic E-state index is 0.172. The third kappa shape index (κ3) is 5.73. The molecule has 0 saturated carbocycles. The summed E-state index contributed by atoms with van der Waals surface area (Å²) in [6, 6.07) is 8.18. The molecule has 3 saturated heterocycles. The fourth-order valence-electron chi connectivity index (χ4n) is 5.10. The lowest BCUT2D eigenvalue weighted by atomic mass is 10.1. The second-order valence-corrected chi connectivity index (χ2v) is 8.93. The molecule has 3 aliphatic heterocycles. The predicted octanol–water partition coefficient (Wildman–Crippen LogP) is 3.64. The Kier molecular flexibility index (Phi) is 7.44. The topological polar surface area (TPSA) is 36.0 Å². The van der Waals surface area contributed by atoms with Crippen molar-refractivity contribution in [3.05, 3.63) is 29.8 Å². The maximum Gasteiger partial charge on any atom is 0.254 e. The van der Waals surface area contributed by atoms with Crippen LogP contribution in [0, 0.1) is 0 Å². The lowest BCUT2D eigenvalue weighted by Gasteiger charge is -2.28. The molecule has 3 aliphatic rings. The maximum absolute atomic E-state index is 13.2. The van der Waals surface area contributed by atoms with Crippen molar-refractivity contribution in [2.24, 2.45) is 0 Å². The van der Waals surface area contributed by atoms with Gasteiger partial charge in [0.25, 0.3) is 5.91 Å². The summed E-state index contributed by atoms with van der Waals surface area (Å²) in [4.78, 5) is 20.3. The standard InChI is InChI=1S/C24H37N3O2/c28-24(27-17-7-10-22(27)20-26-14-4-5-15-26)21-9-6-11-23(19-21)29-18-8-16-25-12-2-1-3-13-25/h6,9,11,19,22H,1-5,7-8,10,12-18,20H2/t22-/m0/s1. The van der Waals surface area contributed by atoms with E-state index in [-0.39, 0.29) is 5.91 Å². The van der Waals surface area contributed by atoms with E-state index < -0.39 is 0 Å². The van der Waals surface area contributed by atoms with Crippen LogP contribution in [-0.4, -0.2) is 79.1 Å². The number of nitrogens with zero attached hydrogens (tertiary/aromatic N) is 3. The first-order valence-electron chi connectivity index (χ1n) is 11.8. The zero-order chi connectivity index (χ0) is 19.9. The van der Waals surface area contributed by atoms with Gasteiger partial charge in [0.1, 0.15) is 5.75 Å². The van der Waals surface area contributed by atoms with Gasteiger partial charge >= 0.3 is 0 Å². The van der Waals surface area contributed by atoms with Crippen LogP contribution in [0.5, 0.6) is 5.75 Å². The van der Waals surface area contributed by atoms with E-state index in [1.807, 2.05) is 24.3 Å². The first-order valence-corrected chi connectivity index (χ1v) is 11.8. The van der Waals surface area contributed by atoms with Gasteiger partial charge in [-0.2, -0.15) is 0 Å². The summed E-state index contributed by atoms with van der Waals surface area (Å²) >= 11 is 0. The minimum absolute atomic E-state index is 0.172. The molecule has 3 fully saturated rings. The Morgan fingerprint density at radius 2 is 1.69 bits per heavy atom. The third-order valence-corrected chi connectivity index (χ3v) is 6.72. The van der Waals surface area contributed by atoms with Gasteiger partial charge < -0.3 is 19.4 Å². The summed E-state index contributed by atoms with van der Waals surface area (Å²) in [5.74, 6) is 0.996. The lowest BCUT2D eigenvalue weighted by Crippen LogP contribution is -2.42. The van der Waals surface area contributed by atoms with E-state index in [2.05, 4.69) is 14.7 Å². The molecule has 29 heavy (non-hydrogen) atoms. The fraction of sp³-hybridized carbons (Fsp3) is 0.708. The molecule has 0 spiro atoms. The zero-order valence-electron chi connectivity index (χ0n) is 17.9. The first kappa shape index (κ1) is 20.7. The highest BCUT2D eigenvalue weighted by Crippen LogP contribution is 2.24. The molecular formula is C24H37N3O2. The van der Waals surface area contributed by atoms with Crippen molar-refractivity contribution < 1.29 is 9.53 Å². The van der Waals surface area contributed by atoms with E-state index in [4.69, 9.17) is 4.74 Å². The number of piperidine rings is 1. The molecule has 0 N–H and O–H groups in total. The number of amides is 1. The number of ether oxygens (including phenoxy) is 1. The lowest BCUT2D eigenvalue weighted by molar-refractivity contribution is 0.0708. The molecule has 5 nitrogen and oxygen atoms in total. The number of hydrogen-bond donors (Lipinski definition) is 0. The van der Waals surface area contributed by atoms with Crippen molar-refractivity contribution in [1.29, 1.82) is 0 Å². The molecule has 1 aromatic carbocycles. The first-order chi connectivity index (χ1) is 14.3. The molecule has 0 unspecified atom stereocenters. The SMILES string of the molecule is O=C(c1cccc(OCCCN2CCCCC2)c1)N1CCC[C@H]1CN1CCCC1. The van der Waals surface area contributed by atoms with Crippen LogP contribution in [-0.2, 0) is 0 Å². The van der Waals surface area contributed by atoms with E-state index in [9.17, 15) is 4.79 Å². The zero-order valence-corrected chi connectivity index (χ0v) is 17.9. The maximum atomic E-state index is 13.2. The Bertz CT molecular complexity index is 653. The van der Waals surface area contributed by atoms with Gasteiger partial charge in [-0.3, -0.25) is 4.79 Å². The van der Waals surface area contributed by atoms with E-state index in [1.165, 1.54) is 58.3 Å². The van der Waals surface area contributed by atoms with Gasteiger partial charge in [-0.05, 0) is 89.3 Å². The predicted molar refractivity (Wildman–Crippen MR) is 117 cm³/mol. The Morgan fingerprint density at radius 3 is 2.52 bits per heavy atom. The molecule has 1 atom stereocenters. The number of likely N-dealkylation sites (tertiary alicyclic amines) is 3. The van der Waals surface area contributed by atoms with Crippen LogP contribution in [0.25, 0.3) is 0 Å². The summed E-state index contributed by atoms with van der Waals surface area (Å²) in [5.41, 5.74) is 0.770. The van der Waals surface area contributed by atoms with Gasteiger partial charge in [0.15, 0.2) is 0 Å². The van der Waals surface area contributed by atoms with E-state index in [1.54, 1.807) is 0 Å². The Hall–Kier alpha value is -1.59. The molecule has 3 heterocycles. The molecule has 160 valence electrons. The smallest absolute Gasteiger partial charge is 0.254 e. The van der Waals surface area contributed by atoms with Crippen LogP contribution >= 0.6 is 0 Å². The summed E-state index contributed by atoms with van der Waals surface area (Å²) in [6.07, 6.45) is 9.95. The third-order valence-electron chi connectivity index (χ3n) is 6.72. The molecule has 4 rings (SSSR count). The van der Waals surface area contributed by atoms with E-state index in [0.717, 1.165) is 56.8 Å². The largest absolute Gasteiger partial charge is 0.494 e. The van der Waals surface area contributed by atoms with Crippen LogP contribution < -0.4 is 4.74 Å². The average molecular weight is 400 g/mol. The monoisotopic (exact) mass is 399 g/mol. The van der Waals surface area contributed by atoms with Gasteiger partial charge in [0.05, 0.1) is 6.61 Å².